The molecule has 0 fully saturated rings. The highest BCUT2D eigenvalue weighted by Crippen LogP contribution is 2.23. The Hall–Kier alpha value is -2.10. The Morgan fingerprint density at radius 2 is 2.09 bits per heavy atom. The number of pyridine rings is 1. The maximum Gasteiger partial charge on any atom is 0.256 e. The van der Waals surface area contributed by atoms with E-state index < -0.39 is 0 Å². The van der Waals surface area contributed by atoms with Crippen LogP contribution in [-0.4, -0.2) is 17.0 Å². The molecule has 1 aliphatic heterocycles. The van der Waals surface area contributed by atoms with Crippen molar-refractivity contribution in [1.82, 2.24) is 9.88 Å². The van der Waals surface area contributed by atoms with Crippen molar-refractivity contribution in [3.8, 4) is 0 Å². The lowest BCUT2D eigenvalue weighted by Crippen LogP contribution is -2.35. The quantitative estimate of drug-likeness (QED) is 0.927. The first-order chi connectivity index (χ1) is 10.4. The second-order valence-electron chi connectivity index (χ2n) is 7.23. The fourth-order valence-electron chi connectivity index (χ4n) is 2.96. The summed E-state index contributed by atoms with van der Waals surface area (Å²) in [5, 5.41) is 3.53. The number of nitrogens with zero attached hydrogens (tertiary/aromatic N) is 1. The van der Waals surface area contributed by atoms with Crippen molar-refractivity contribution in [2.24, 2.45) is 5.41 Å². The molecule has 22 heavy (non-hydrogen) atoms. The molecule has 1 aromatic heterocycles. The summed E-state index contributed by atoms with van der Waals surface area (Å²) < 4.78 is 2.06. The van der Waals surface area contributed by atoms with Gasteiger partial charge in [0, 0.05) is 24.7 Å². The van der Waals surface area contributed by atoms with E-state index in [0.717, 1.165) is 24.9 Å². The molecule has 4 nitrogen and oxygen atoms in total. The number of nitrogens with one attached hydrogen (secondary N) is 1. The summed E-state index contributed by atoms with van der Waals surface area (Å²) in [7, 11) is 0. The molecule has 0 saturated carbocycles. The maximum absolute atomic E-state index is 12.7. The summed E-state index contributed by atoms with van der Waals surface area (Å²) in [6.07, 6.45) is 3.76. The summed E-state index contributed by atoms with van der Waals surface area (Å²) >= 11 is 0. The molecule has 0 radical (unpaired) electrons. The van der Waals surface area contributed by atoms with Crippen molar-refractivity contribution in [1.29, 1.82) is 0 Å². The molecule has 2 heterocycles. The Kier molecular flexibility index (Phi) is 3.55. The Bertz CT molecular complexity index is 797. The van der Waals surface area contributed by atoms with Crippen LogP contribution in [0.15, 0.2) is 29.2 Å². The van der Waals surface area contributed by atoms with E-state index in [-0.39, 0.29) is 22.3 Å². The summed E-state index contributed by atoms with van der Waals surface area (Å²) in [5.74, 6) is -0.276. The number of carbonyl (C=O) groups is 1. The van der Waals surface area contributed by atoms with Gasteiger partial charge in [0.05, 0.1) is 5.52 Å². The van der Waals surface area contributed by atoms with Crippen LogP contribution in [0.5, 0.6) is 0 Å². The molecular weight excluding hydrogens is 276 g/mol. The zero-order valence-corrected chi connectivity index (χ0v) is 13.4. The fraction of sp³-hybridized carbons (Fsp3) is 0.444. The lowest BCUT2D eigenvalue weighted by Gasteiger charge is -2.22. The fourth-order valence-corrected chi connectivity index (χ4v) is 2.96. The van der Waals surface area contributed by atoms with E-state index in [4.69, 9.17) is 0 Å². The molecule has 0 bridgehead atoms. The van der Waals surface area contributed by atoms with E-state index in [9.17, 15) is 9.59 Å². The molecule has 0 unspecified atom stereocenters. The second-order valence-corrected chi connectivity index (χ2v) is 7.23. The van der Waals surface area contributed by atoms with Crippen LogP contribution < -0.4 is 10.7 Å². The number of benzene rings is 1. The zero-order valence-electron chi connectivity index (χ0n) is 13.4. The van der Waals surface area contributed by atoms with E-state index in [2.05, 4.69) is 36.7 Å². The van der Waals surface area contributed by atoms with E-state index in [1.807, 2.05) is 12.1 Å². The average molecular weight is 298 g/mol. The van der Waals surface area contributed by atoms with Crippen molar-refractivity contribution in [2.75, 3.05) is 6.54 Å². The molecule has 1 N–H and O–H groups in total. The van der Waals surface area contributed by atoms with E-state index >= 15 is 0 Å². The van der Waals surface area contributed by atoms with Crippen LogP contribution in [0, 0.1) is 5.41 Å². The van der Waals surface area contributed by atoms with Crippen LogP contribution in [0.3, 0.4) is 0 Å². The van der Waals surface area contributed by atoms with Gasteiger partial charge in [-0.2, -0.15) is 0 Å². The average Bonchev–Trinajstić information content (AvgIpc) is 2.47. The Balaban J connectivity index is 2.07. The van der Waals surface area contributed by atoms with Gasteiger partial charge in [0.1, 0.15) is 5.56 Å². The normalized spacial score (nSPS) is 14.1. The first-order valence-corrected chi connectivity index (χ1v) is 7.80. The third kappa shape index (κ3) is 2.65. The first kappa shape index (κ1) is 14.8. The SMILES string of the molecule is CC(C)(C)CNC(=O)c1cn2c3c(cccc3c1=O)CCC2. The molecule has 116 valence electrons. The minimum atomic E-state index is -0.276. The lowest BCUT2D eigenvalue weighted by atomic mass is 9.96. The zero-order chi connectivity index (χ0) is 15.9. The highest BCUT2D eigenvalue weighted by Gasteiger charge is 2.20. The number of hydrogen-bond donors (Lipinski definition) is 1. The number of aryl methyl sites for hydroxylation is 2. The van der Waals surface area contributed by atoms with E-state index in [0.29, 0.717) is 11.9 Å². The molecular formula is C18H22N2O2. The van der Waals surface area contributed by atoms with Crippen LogP contribution in [-0.2, 0) is 13.0 Å². The van der Waals surface area contributed by atoms with Gasteiger partial charge in [0.25, 0.3) is 5.91 Å². The van der Waals surface area contributed by atoms with Crippen molar-refractivity contribution in [2.45, 2.75) is 40.2 Å². The number of aromatic nitrogens is 1. The summed E-state index contributed by atoms with van der Waals surface area (Å²) in [6.45, 7) is 7.56. The minimum Gasteiger partial charge on any atom is -0.351 e. The van der Waals surface area contributed by atoms with E-state index in [1.54, 1.807) is 6.20 Å². The molecule has 1 aliphatic rings. The molecule has 1 aromatic carbocycles. The van der Waals surface area contributed by atoms with Gasteiger partial charge in [-0.25, -0.2) is 0 Å². The number of para-hydroxylation sites is 1. The van der Waals surface area contributed by atoms with Gasteiger partial charge in [0.15, 0.2) is 0 Å². The smallest absolute Gasteiger partial charge is 0.256 e. The largest absolute Gasteiger partial charge is 0.351 e. The Morgan fingerprint density at radius 1 is 1.32 bits per heavy atom. The van der Waals surface area contributed by atoms with Gasteiger partial charge in [0.2, 0.25) is 5.43 Å². The van der Waals surface area contributed by atoms with Crippen molar-refractivity contribution in [3.63, 3.8) is 0 Å². The molecule has 3 rings (SSSR count). The van der Waals surface area contributed by atoms with Crippen LogP contribution in [0.25, 0.3) is 10.9 Å². The monoisotopic (exact) mass is 298 g/mol. The van der Waals surface area contributed by atoms with Crippen molar-refractivity contribution in [3.05, 3.63) is 45.7 Å². The predicted octanol–water partition coefficient (Wildman–Crippen LogP) is 2.72. The van der Waals surface area contributed by atoms with Gasteiger partial charge in [-0.15, -0.1) is 0 Å². The molecule has 0 spiro atoms. The molecule has 1 amide bonds. The standard InChI is InChI=1S/C18H22N2O2/c1-18(2,3)11-19-17(22)14-10-20-9-5-7-12-6-4-8-13(15(12)20)16(14)21/h4,6,8,10H,5,7,9,11H2,1-3H3,(H,19,22). The van der Waals surface area contributed by atoms with Crippen LogP contribution in [0.2, 0.25) is 0 Å². The summed E-state index contributed by atoms with van der Waals surface area (Å²) in [6, 6.07) is 5.80. The lowest BCUT2D eigenvalue weighted by molar-refractivity contribution is 0.0937. The van der Waals surface area contributed by atoms with Crippen molar-refractivity contribution >= 4 is 16.8 Å². The van der Waals surface area contributed by atoms with Gasteiger partial charge in [-0.1, -0.05) is 32.9 Å². The third-order valence-electron chi connectivity index (χ3n) is 4.05. The van der Waals surface area contributed by atoms with Crippen molar-refractivity contribution < 1.29 is 4.79 Å². The van der Waals surface area contributed by atoms with Gasteiger partial charge in [-0.3, -0.25) is 9.59 Å². The topological polar surface area (TPSA) is 51.1 Å². The number of carbonyl (C=O) groups excluding carboxylic acids is 1. The van der Waals surface area contributed by atoms with Crippen LogP contribution >= 0.6 is 0 Å². The third-order valence-corrected chi connectivity index (χ3v) is 4.05. The van der Waals surface area contributed by atoms with Crippen LogP contribution in [0.1, 0.15) is 43.1 Å². The molecule has 0 saturated heterocycles. The van der Waals surface area contributed by atoms with Gasteiger partial charge >= 0.3 is 0 Å². The van der Waals surface area contributed by atoms with Gasteiger partial charge < -0.3 is 9.88 Å². The Labute approximate surface area is 130 Å². The van der Waals surface area contributed by atoms with Gasteiger partial charge in [-0.05, 0) is 29.9 Å². The molecule has 0 aliphatic carbocycles. The molecule has 4 heteroatoms. The minimum absolute atomic E-state index is 0.00979. The second kappa shape index (κ2) is 5.27. The summed E-state index contributed by atoms with van der Waals surface area (Å²) in [5.41, 5.74) is 2.26. The maximum atomic E-state index is 12.7. The highest BCUT2D eigenvalue weighted by atomic mass is 16.2. The summed E-state index contributed by atoms with van der Waals surface area (Å²) in [4.78, 5) is 25.1. The predicted molar refractivity (Wildman–Crippen MR) is 88.3 cm³/mol. The van der Waals surface area contributed by atoms with Crippen LogP contribution in [0.4, 0.5) is 0 Å². The highest BCUT2D eigenvalue weighted by molar-refractivity contribution is 5.97. The number of amides is 1. The molecule has 2 aromatic rings. The van der Waals surface area contributed by atoms with E-state index in [1.165, 1.54) is 5.56 Å². The number of rotatable bonds is 2. The number of hydrogen-bond acceptors (Lipinski definition) is 2. The Morgan fingerprint density at radius 3 is 2.82 bits per heavy atom. The first-order valence-electron chi connectivity index (χ1n) is 7.80. The molecule has 0 atom stereocenters.